The van der Waals surface area contributed by atoms with Crippen LogP contribution in [0.25, 0.3) is 0 Å². The molecule has 3 aromatic rings. The molecule has 26 heavy (non-hydrogen) atoms. The predicted octanol–water partition coefficient (Wildman–Crippen LogP) is 3.59. The molecule has 3 rings (SSSR count). The van der Waals surface area contributed by atoms with Gasteiger partial charge in [0.15, 0.2) is 0 Å². The molecule has 0 radical (unpaired) electrons. The van der Waals surface area contributed by atoms with Crippen molar-refractivity contribution in [2.24, 2.45) is 0 Å². The first-order chi connectivity index (χ1) is 12.6. The first-order valence-electron chi connectivity index (χ1n) is 7.76. The summed E-state index contributed by atoms with van der Waals surface area (Å²) in [5.41, 5.74) is 0.327. The van der Waals surface area contributed by atoms with E-state index in [0.29, 0.717) is 11.4 Å². The maximum Gasteiger partial charge on any atom is 0.435 e. The Morgan fingerprint density at radius 3 is 1.85 bits per heavy atom. The van der Waals surface area contributed by atoms with Crippen LogP contribution in [-0.2, 0) is 10.0 Å². The molecular weight excluding hydrogens is 352 g/mol. The maximum atomic E-state index is 12.6. The van der Waals surface area contributed by atoms with Gasteiger partial charge in [0.05, 0.1) is 10.6 Å². The summed E-state index contributed by atoms with van der Waals surface area (Å²) in [5.74, 6) is 0.303. The molecule has 7 heteroatoms. The molecule has 0 spiro atoms. The second kappa shape index (κ2) is 7.81. The molecule has 0 aliphatic carbocycles. The number of hydrogen-bond acceptors (Lipinski definition) is 4. The maximum absolute atomic E-state index is 12.6. The minimum atomic E-state index is -3.97. The van der Waals surface area contributed by atoms with E-state index in [9.17, 15) is 13.2 Å². The zero-order valence-electron chi connectivity index (χ0n) is 13.6. The zero-order chi connectivity index (χ0) is 18.4. The molecule has 1 amide bonds. The molecule has 1 N–H and O–H groups in total. The first kappa shape index (κ1) is 17.7. The lowest BCUT2D eigenvalue weighted by atomic mass is 10.3. The van der Waals surface area contributed by atoms with Gasteiger partial charge in [-0.25, -0.2) is 13.2 Å². The van der Waals surface area contributed by atoms with Crippen molar-refractivity contribution in [3.8, 4) is 5.75 Å². The van der Waals surface area contributed by atoms with Gasteiger partial charge in [0, 0.05) is 0 Å². The van der Waals surface area contributed by atoms with Crippen LogP contribution in [0.15, 0.2) is 95.9 Å². The van der Waals surface area contributed by atoms with E-state index in [1.807, 2.05) is 0 Å². The molecule has 6 nitrogen and oxygen atoms in total. The van der Waals surface area contributed by atoms with Crippen molar-refractivity contribution >= 4 is 21.8 Å². The van der Waals surface area contributed by atoms with Gasteiger partial charge < -0.3 is 4.74 Å². The number of hydrogen-bond donors (Lipinski definition) is 1. The fraction of sp³-hybridized carbons (Fsp3) is 0. The molecule has 0 aliphatic rings. The van der Waals surface area contributed by atoms with Crippen LogP contribution in [0.3, 0.4) is 0 Å². The molecule has 0 bridgehead atoms. The van der Waals surface area contributed by atoms with Crippen LogP contribution in [0.5, 0.6) is 5.75 Å². The van der Waals surface area contributed by atoms with E-state index in [1.54, 1.807) is 78.9 Å². The molecule has 0 atom stereocenters. The van der Waals surface area contributed by atoms with E-state index in [-0.39, 0.29) is 4.90 Å². The van der Waals surface area contributed by atoms with Gasteiger partial charge in [0.1, 0.15) is 5.75 Å². The monoisotopic (exact) mass is 368 g/mol. The normalized spacial score (nSPS) is 10.9. The largest absolute Gasteiger partial charge is 0.435 e. The number of carbonyl (C=O) groups excluding carboxylic acids is 1. The van der Waals surface area contributed by atoms with Crippen molar-refractivity contribution in [1.82, 2.24) is 4.83 Å². The van der Waals surface area contributed by atoms with Crippen LogP contribution >= 0.6 is 0 Å². The standard InChI is InChI=1S/C19H16N2O4S/c22-19(25-17-12-6-2-7-13-17)21(16-10-4-1-5-11-16)20-26(23,24)18-14-8-3-9-15-18/h1-15,20H. The number of para-hydroxylation sites is 2. The quantitative estimate of drug-likeness (QED) is 0.699. The lowest BCUT2D eigenvalue weighted by molar-refractivity contribution is 0.206. The number of nitrogens with one attached hydrogen (secondary N) is 1. The number of benzene rings is 3. The van der Waals surface area contributed by atoms with Crippen LogP contribution in [0.2, 0.25) is 0 Å². The minimum absolute atomic E-state index is 0.0356. The molecular formula is C19H16N2O4S. The summed E-state index contributed by atoms with van der Waals surface area (Å²) >= 11 is 0. The number of carbonyl (C=O) groups is 1. The second-order valence-electron chi connectivity index (χ2n) is 5.26. The number of hydrazine groups is 1. The molecule has 0 saturated carbocycles. The number of amides is 1. The summed E-state index contributed by atoms with van der Waals surface area (Å²) in [6, 6.07) is 24.5. The zero-order valence-corrected chi connectivity index (χ0v) is 14.5. The average molecular weight is 368 g/mol. The number of ether oxygens (including phenoxy) is 1. The van der Waals surface area contributed by atoms with Crippen molar-refractivity contribution in [3.05, 3.63) is 91.0 Å². The summed E-state index contributed by atoms with van der Waals surface area (Å²) in [5, 5.41) is 0.856. The van der Waals surface area contributed by atoms with E-state index in [2.05, 4.69) is 4.83 Å². The van der Waals surface area contributed by atoms with E-state index in [0.717, 1.165) is 5.01 Å². The molecule has 0 aromatic heterocycles. The van der Waals surface area contributed by atoms with Crippen molar-refractivity contribution in [1.29, 1.82) is 0 Å². The Balaban J connectivity index is 1.90. The molecule has 0 saturated heterocycles. The molecule has 0 heterocycles. The van der Waals surface area contributed by atoms with E-state index in [4.69, 9.17) is 4.74 Å². The van der Waals surface area contributed by atoms with Crippen LogP contribution < -0.4 is 14.6 Å². The summed E-state index contributed by atoms with van der Waals surface area (Å²) < 4.78 is 30.5. The fourth-order valence-electron chi connectivity index (χ4n) is 2.18. The second-order valence-corrected chi connectivity index (χ2v) is 6.92. The number of anilines is 1. The van der Waals surface area contributed by atoms with Crippen LogP contribution in [0.4, 0.5) is 10.5 Å². The molecule has 0 aliphatic heterocycles. The minimum Gasteiger partial charge on any atom is -0.409 e. The van der Waals surface area contributed by atoms with E-state index >= 15 is 0 Å². The fourth-order valence-corrected chi connectivity index (χ4v) is 3.22. The summed E-state index contributed by atoms with van der Waals surface area (Å²) in [4.78, 5) is 14.9. The van der Waals surface area contributed by atoms with Gasteiger partial charge in [-0.05, 0) is 36.4 Å². The Hall–Kier alpha value is -3.16. The van der Waals surface area contributed by atoms with Crippen LogP contribution in [0, 0.1) is 0 Å². The summed E-state index contributed by atoms with van der Waals surface area (Å²) in [6.45, 7) is 0. The Morgan fingerprint density at radius 2 is 1.27 bits per heavy atom. The highest BCUT2D eigenvalue weighted by Crippen LogP contribution is 2.18. The van der Waals surface area contributed by atoms with Crippen molar-refractivity contribution in [3.63, 3.8) is 0 Å². The van der Waals surface area contributed by atoms with Gasteiger partial charge >= 0.3 is 6.09 Å². The van der Waals surface area contributed by atoms with E-state index < -0.39 is 16.1 Å². The van der Waals surface area contributed by atoms with Gasteiger partial charge in [-0.1, -0.05) is 54.6 Å². The predicted molar refractivity (Wildman–Crippen MR) is 98.2 cm³/mol. The van der Waals surface area contributed by atoms with Gasteiger partial charge in [0.2, 0.25) is 0 Å². The van der Waals surface area contributed by atoms with Crippen LogP contribution in [0.1, 0.15) is 0 Å². The Labute approximate surface area is 151 Å². The molecule has 0 fully saturated rings. The van der Waals surface area contributed by atoms with Crippen molar-refractivity contribution in [2.75, 3.05) is 5.01 Å². The van der Waals surface area contributed by atoms with Gasteiger partial charge in [-0.2, -0.15) is 5.01 Å². The summed E-state index contributed by atoms with van der Waals surface area (Å²) in [7, 11) is -3.97. The smallest absolute Gasteiger partial charge is 0.409 e. The summed E-state index contributed by atoms with van der Waals surface area (Å²) in [6.07, 6.45) is -0.873. The van der Waals surface area contributed by atoms with Gasteiger partial charge in [-0.3, -0.25) is 0 Å². The lowest BCUT2D eigenvalue weighted by Gasteiger charge is -2.22. The number of nitrogens with zero attached hydrogens (tertiary/aromatic N) is 1. The third kappa shape index (κ3) is 4.27. The highest BCUT2D eigenvalue weighted by molar-refractivity contribution is 7.89. The third-order valence-electron chi connectivity index (χ3n) is 3.41. The lowest BCUT2D eigenvalue weighted by Crippen LogP contribution is -2.47. The Morgan fingerprint density at radius 1 is 0.769 bits per heavy atom. The van der Waals surface area contributed by atoms with Crippen LogP contribution in [-0.4, -0.2) is 14.5 Å². The third-order valence-corrected chi connectivity index (χ3v) is 4.73. The van der Waals surface area contributed by atoms with Crippen molar-refractivity contribution in [2.45, 2.75) is 4.90 Å². The van der Waals surface area contributed by atoms with E-state index in [1.165, 1.54) is 12.1 Å². The molecule has 0 unspecified atom stereocenters. The topological polar surface area (TPSA) is 75.7 Å². The van der Waals surface area contributed by atoms with Crippen molar-refractivity contribution < 1.29 is 17.9 Å². The first-order valence-corrected chi connectivity index (χ1v) is 9.24. The number of rotatable bonds is 5. The molecule has 3 aromatic carbocycles. The SMILES string of the molecule is O=C(Oc1ccccc1)N(NS(=O)(=O)c1ccccc1)c1ccccc1. The number of sulfonamides is 1. The van der Waals surface area contributed by atoms with Gasteiger partial charge in [-0.15, -0.1) is 4.83 Å². The Kier molecular flexibility index (Phi) is 5.31. The highest BCUT2D eigenvalue weighted by Gasteiger charge is 2.25. The highest BCUT2D eigenvalue weighted by atomic mass is 32.2. The Bertz CT molecular complexity index is 962. The average Bonchev–Trinajstić information content (AvgIpc) is 2.68. The molecule has 132 valence electrons. The van der Waals surface area contributed by atoms with Gasteiger partial charge in [0.25, 0.3) is 10.0 Å².